The Labute approximate surface area is 112 Å². The number of thioether (sulfide) groups is 1. The number of rotatable bonds is 2. The lowest BCUT2D eigenvalue weighted by atomic mass is 9.90. The highest BCUT2D eigenvalue weighted by Gasteiger charge is 2.39. The molecule has 2 atom stereocenters. The van der Waals surface area contributed by atoms with E-state index in [-0.39, 0.29) is 14.8 Å². The monoisotopic (exact) mass is 321 g/mol. The fourth-order valence-electron chi connectivity index (χ4n) is 2.18. The summed E-state index contributed by atoms with van der Waals surface area (Å²) in [6, 6.07) is 2.00. The number of benzene rings is 1. The van der Waals surface area contributed by atoms with Crippen LogP contribution in [0.15, 0.2) is 16.6 Å². The Morgan fingerprint density at radius 1 is 1.47 bits per heavy atom. The van der Waals surface area contributed by atoms with E-state index in [0.29, 0.717) is 0 Å². The molecule has 0 saturated carbocycles. The molecule has 0 amide bonds. The molecule has 2 N–H and O–H groups in total. The molecule has 1 aromatic rings. The van der Waals surface area contributed by atoms with Crippen molar-refractivity contribution in [1.82, 2.24) is 0 Å². The van der Waals surface area contributed by atoms with Gasteiger partial charge < -0.3 is 5.73 Å². The summed E-state index contributed by atoms with van der Waals surface area (Å²) >= 11 is 4.77. The molecule has 1 aliphatic heterocycles. The summed E-state index contributed by atoms with van der Waals surface area (Å²) in [5.41, 5.74) is 6.08. The van der Waals surface area contributed by atoms with Crippen LogP contribution in [0, 0.1) is 11.6 Å². The minimum Gasteiger partial charge on any atom is -0.323 e. The Kier molecular flexibility index (Phi) is 3.80. The lowest BCUT2D eigenvalue weighted by Gasteiger charge is -2.31. The lowest BCUT2D eigenvalue weighted by Crippen LogP contribution is -2.34. The second-order valence-corrected chi connectivity index (χ2v) is 6.98. The molecule has 1 nitrogen and oxygen atoms in total. The zero-order chi connectivity index (χ0) is 12.6. The molecule has 0 aliphatic carbocycles. The molecule has 94 valence electrons. The Bertz CT molecular complexity index is 433. The van der Waals surface area contributed by atoms with Gasteiger partial charge in [-0.3, -0.25) is 0 Å². The van der Waals surface area contributed by atoms with E-state index >= 15 is 0 Å². The zero-order valence-corrected chi connectivity index (χ0v) is 11.9. The maximum Gasteiger partial charge on any atom is 0.145 e. The number of nitrogens with two attached hydrogens (primary N) is 1. The van der Waals surface area contributed by atoms with Crippen molar-refractivity contribution in [3.63, 3.8) is 0 Å². The van der Waals surface area contributed by atoms with E-state index in [1.54, 1.807) is 11.8 Å². The predicted molar refractivity (Wildman–Crippen MR) is 71.1 cm³/mol. The summed E-state index contributed by atoms with van der Waals surface area (Å²) in [7, 11) is 0. The average Bonchev–Trinajstić information content (AvgIpc) is 2.72. The molecule has 5 heteroatoms. The van der Waals surface area contributed by atoms with Gasteiger partial charge in [-0.1, -0.05) is 0 Å². The van der Waals surface area contributed by atoms with Gasteiger partial charge in [-0.15, -0.1) is 0 Å². The topological polar surface area (TPSA) is 26.0 Å². The van der Waals surface area contributed by atoms with E-state index < -0.39 is 17.7 Å². The third-order valence-corrected chi connectivity index (χ3v) is 5.52. The zero-order valence-electron chi connectivity index (χ0n) is 9.47. The molecule has 1 aromatic carbocycles. The first-order valence-corrected chi connectivity index (χ1v) is 7.26. The van der Waals surface area contributed by atoms with Crippen LogP contribution in [-0.4, -0.2) is 10.5 Å². The number of hydrogen-bond acceptors (Lipinski definition) is 2. The molecule has 0 radical (unpaired) electrons. The highest BCUT2D eigenvalue weighted by Crippen LogP contribution is 2.46. The average molecular weight is 322 g/mol. The molecule has 1 saturated heterocycles. The maximum absolute atomic E-state index is 14.0. The molecule has 0 aromatic heterocycles. The largest absolute Gasteiger partial charge is 0.323 e. The summed E-state index contributed by atoms with van der Waals surface area (Å²) in [5.74, 6) is -0.139. The van der Waals surface area contributed by atoms with Crippen LogP contribution in [0.3, 0.4) is 0 Å². The first-order valence-electron chi connectivity index (χ1n) is 5.48. The Hall–Kier alpha value is -0.130. The second kappa shape index (κ2) is 4.86. The van der Waals surface area contributed by atoms with Crippen LogP contribution in [-0.2, 0) is 0 Å². The van der Waals surface area contributed by atoms with Crippen LogP contribution in [0.4, 0.5) is 8.78 Å². The smallest absolute Gasteiger partial charge is 0.145 e. The van der Waals surface area contributed by atoms with E-state index in [1.807, 2.05) is 6.92 Å². The quantitative estimate of drug-likeness (QED) is 0.833. The SMILES string of the molecule is CC1(C(N)c2c(F)ccc(Br)c2F)CCCS1. The first-order chi connectivity index (χ1) is 7.96. The molecule has 17 heavy (non-hydrogen) atoms. The van der Waals surface area contributed by atoms with Crippen LogP contribution >= 0.6 is 27.7 Å². The molecule has 0 bridgehead atoms. The summed E-state index contributed by atoms with van der Waals surface area (Å²) < 4.78 is 27.7. The van der Waals surface area contributed by atoms with Gasteiger partial charge in [0.1, 0.15) is 11.6 Å². The summed E-state index contributed by atoms with van der Waals surface area (Å²) in [6.07, 6.45) is 1.94. The normalized spacial score (nSPS) is 26.2. The van der Waals surface area contributed by atoms with E-state index in [0.717, 1.165) is 18.6 Å². The van der Waals surface area contributed by atoms with Gasteiger partial charge in [-0.05, 0) is 53.6 Å². The van der Waals surface area contributed by atoms with Gasteiger partial charge in [0.2, 0.25) is 0 Å². The Morgan fingerprint density at radius 3 is 2.76 bits per heavy atom. The maximum atomic E-state index is 14.0. The van der Waals surface area contributed by atoms with Crippen molar-refractivity contribution < 1.29 is 8.78 Å². The molecule has 0 spiro atoms. The Morgan fingerprint density at radius 2 is 2.18 bits per heavy atom. The van der Waals surface area contributed by atoms with Crippen molar-refractivity contribution in [1.29, 1.82) is 0 Å². The molecule has 1 aliphatic rings. The van der Waals surface area contributed by atoms with Gasteiger partial charge >= 0.3 is 0 Å². The van der Waals surface area contributed by atoms with Gasteiger partial charge in [0.05, 0.1) is 10.5 Å². The summed E-state index contributed by atoms with van der Waals surface area (Å²) in [4.78, 5) is 0. The second-order valence-electron chi connectivity index (χ2n) is 4.50. The Balaban J connectivity index is 2.43. The molecular formula is C12H14BrF2NS. The number of hydrogen-bond donors (Lipinski definition) is 1. The van der Waals surface area contributed by atoms with Gasteiger partial charge in [-0.25, -0.2) is 8.78 Å². The van der Waals surface area contributed by atoms with Crippen LogP contribution in [0.25, 0.3) is 0 Å². The summed E-state index contributed by atoms with van der Waals surface area (Å²) in [5, 5.41) is 0. The van der Waals surface area contributed by atoms with E-state index in [2.05, 4.69) is 15.9 Å². The highest BCUT2D eigenvalue weighted by molar-refractivity contribution is 9.10. The molecule has 1 fully saturated rings. The third-order valence-electron chi connectivity index (χ3n) is 3.30. The predicted octanol–water partition coefficient (Wildman–Crippen LogP) is 4.01. The van der Waals surface area contributed by atoms with Gasteiger partial charge in [0, 0.05) is 10.3 Å². The molecule has 1 heterocycles. The minimum absolute atomic E-state index is 0.00345. The van der Waals surface area contributed by atoms with E-state index in [4.69, 9.17) is 5.73 Å². The fraction of sp³-hybridized carbons (Fsp3) is 0.500. The van der Waals surface area contributed by atoms with Crippen molar-refractivity contribution in [3.8, 4) is 0 Å². The minimum atomic E-state index is -0.618. The van der Waals surface area contributed by atoms with Crippen molar-refractivity contribution >= 4 is 27.7 Å². The van der Waals surface area contributed by atoms with Crippen LogP contribution in [0.1, 0.15) is 31.4 Å². The van der Waals surface area contributed by atoms with Crippen LogP contribution in [0.2, 0.25) is 0 Å². The highest BCUT2D eigenvalue weighted by atomic mass is 79.9. The van der Waals surface area contributed by atoms with Crippen molar-refractivity contribution in [2.75, 3.05) is 5.75 Å². The van der Waals surface area contributed by atoms with Crippen LogP contribution < -0.4 is 5.73 Å². The number of halogens is 3. The first kappa shape index (κ1) is 13.3. The van der Waals surface area contributed by atoms with Gasteiger partial charge in [-0.2, -0.15) is 11.8 Å². The van der Waals surface area contributed by atoms with Crippen molar-refractivity contribution in [2.45, 2.75) is 30.6 Å². The fourth-order valence-corrected chi connectivity index (χ4v) is 3.87. The molecular weight excluding hydrogens is 308 g/mol. The lowest BCUT2D eigenvalue weighted by molar-refractivity contribution is 0.450. The van der Waals surface area contributed by atoms with E-state index in [9.17, 15) is 8.78 Å². The molecule has 2 unspecified atom stereocenters. The van der Waals surface area contributed by atoms with Crippen LogP contribution in [0.5, 0.6) is 0 Å². The van der Waals surface area contributed by atoms with Crippen molar-refractivity contribution in [3.05, 3.63) is 33.8 Å². The van der Waals surface area contributed by atoms with Gasteiger partial charge in [0.25, 0.3) is 0 Å². The summed E-state index contributed by atoms with van der Waals surface area (Å²) in [6.45, 7) is 1.98. The molecule has 2 rings (SSSR count). The third kappa shape index (κ3) is 2.37. The van der Waals surface area contributed by atoms with Crippen molar-refractivity contribution in [2.24, 2.45) is 5.73 Å². The standard InChI is InChI=1S/C12H14BrF2NS/c1-12(5-2-6-17-12)11(16)9-8(14)4-3-7(13)10(9)15/h3-4,11H,2,5-6,16H2,1H3. The van der Waals surface area contributed by atoms with Gasteiger partial charge in [0.15, 0.2) is 0 Å². The van der Waals surface area contributed by atoms with E-state index in [1.165, 1.54) is 12.1 Å².